The molecule has 4 heteroatoms. The molecule has 0 saturated carbocycles. The fourth-order valence-electron chi connectivity index (χ4n) is 2.11. The monoisotopic (exact) mass is 281 g/mol. The van der Waals surface area contributed by atoms with E-state index in [1.165, 1.54) is 10.6 Å². The lowest BCUT2D eigenvalue weighted by Gasteiger charge is -2.07. The van der Waals surface area contributed by atoms with Gasteiger partial charge >= 0.3 is 0 Å². The van der Waals surface area contributed by atoms with Crippen LogP contribution in [0.4, 0.5) is 0 Å². The summed E-state index contributed by atoms with van der Waals surface area (Å²) in [6.07, 6.45) is 0. The van der Waals surface area contributed by atoms with Crippen molar-refractivity contribution in [3.63, 3.8) is 0 Å². The second-order valence-electron chi connectivity index (χ2n) is 4.78. The summed E-state index contributed by atoms with van der Waals surface area (Å²) in [6, 6.07) is 17.9. The Balaban J connectivity index is 1.96. The first kappa shape index (κ1) is 13.1. The molecule has 3 aromatic rings. The minimum atomic E-state index is -0.140. The van der Waals surface area contributed by atoms with Gasteiger partial charge in [-0.2, -0.15) is 0 Å². The van der Waals surface area contributed by atoms with Crippen LogP contribution in [-0.2, 0) is 0 Å². The number of rotatable bonds is 3. The minimum absolute atomic E-state index is 0.0826. The van der Waals surface area contributed by atoms with Crippen LogP contribution < -0.4 is 4.74 Å². The molecule has 2 N–H and O–H groups in total. The van der Waals surface area contributed by atoms with Crippen molar-refractivity contribution in [3.8, 4) is 28.9 Å². The summed E-state index contributed by atoms with van der Waals surface area (Å²) in [5.74, 6) is 0.585. The summed E-state index contributed by atoms with van der Waals surface area (Å²) >= 11 is 0. The van der Waals surface area contributed by atoms with Gasteiger partial charge in [-0.05, 0) is 31.2 Å². The van der Waals surface area contributed by atoms with E-state index >= 15 is 0 Å². The van der Waals surface area contributed by atoms with E-state index in [0.717, 1.165) is 5.56 Å². The highest BCUT2D eigenvalue weighted by atomic mass is 16.5. The van der Waals surface area contributed by atoms with Crippen LogP contribution in [0.3, 0.4) is 0 Å². The Morgan fingerprint density at radius 1 is 0.905 bits per heavy atom. The lowest BCUT2D eigenvalue weighted by Crippen LogP contribution is -1.92. The molecule has 0 bridgehead atoms. The third-order valence-electron chi connectivity index (χ3n) is 3.18. The standard InChI is InChI=1S/C17H15NO3/c1-12-7-9-14(10-8-12)21-15-11-16(19)18(17(15)20)13-5-3-2-4-6-13/h2-11,19-20H,1H3. The van der Waals surface area contributed by atoms with Crippen molar-refractivity contribution in [2.24, 2.45) is 0 Å². The summed E-state index contributed by atoms with van der Waals surface area (Å²) in [5, 5.41) is 20.3. The molecule has 0 spiro atoms. The fourth-order valence-corrected chi connectivity index (χ4v) is 2.11. The largest absolute Gasteiger partial charge is 0.494 e. The zero-order valence-corrected chi connectivity index (χ0v) is 11.5. The van der Waals surface area contributed by atoms with Gasteiger partial charge in [0.2, 0.25) is 11.8 Å². The molecule has 0 aliphatic rings. The molecule has 3 rings (SSSR count). The predicted molar refractivity (Wildman–Crippen MR) is 80.4 cm³/mol. The quantitative estimate of drug-likeness (QED) is 0.763. The first-order valence-electron chi connectivity index (χ1n) is 6.59. The Bertz CT molecular complexity index is 746. The number of benzene rings is 2. The summed E-state index contributed by atoms with van der Waals surface area (Å²) in [6.45, 7) is 1.99. The molecule has 2 aromatic carbocycles. The van der Waals surface area contributed by atoms with Crippen LogP contribution in [0.5, 0.6) is 23.3 Å². The average molecular weight is 281 g/mol. The maximum atomic E-state index is 10.3. The first-order valence-corrected chi connectivity index (χ1v) is 6.59. The molecule has 106 valence electrons. The summed E-state index contributed by atoms with van der Waals surface area (Å²) in [5.41, 5.74) is 1.78. The highest BCUT2D eigenvalue weighted by molar-refractivity contribution is 5.51. The van der Waals surface area contributed by atoms with E-state index < -0.39 is 0 Å². The smallest absolute Gasteiger partial charge is 0.243 e. The van der Waals surface area contributed by atoms with Gasteiger partial charge in [0.15, 0.2) is 5.75 Å². The number of aryl methyl sites for hydroxylation is 1. The molecule has 1 aromatic heterocycles. The SMILES string of the molecule is Cc1ccc(Oc2cc(O)n(-c3ccccc3)c2O)cc1. The second kappa shape index (κ2) is 5.25. The van der Waals surface area contributed by atoms with Gasteiger partial charge in [0, 0.05) is 6.07 Å². The zero-order valence-electron chi connectivity index (χ0n) is 11.5. The highest BCUT2D eigenvalue weighted by Gasteiger charge is 2.17. The molecular formula is C17H15NO3. The third-order valence-corrected chi connectivity index (χ3v) is 3.18. The molecule has 0 aliphatic heterocycles. The number of ether oxygens (including phenoxy) is 1. The maximum absolute atomic E-state index is 10.3. The van der Waals surface area contributed by atoms with Gasteiger partial charge in [-0.15, -0.1) is 0 Å². The van der Waals surface area contributed by atoms with Crippen molar-refractivity contribution in [2.75, 3.05) is 0 Å². The molecule has 0 amide bonds. The molecule has 0 unspecified atom stereocenters. The van der Waals surface area contributed by atoms with Crippen LogP contribution >= 0.6 is 0 Å². The molecule has 0 radical (unpaired) electrons. The molecule has 21 heavy (non-hydrogen) atoms. The topological polar surface area (TPSA) is 54.6 Å². The lowest BCUT2D eigenvalue weighted by molar-refractivity contribution is 0.382. The van der Waals surface area contributed by atoms with E-state index in [-0.39, 0.29) is 17.5 Å². The summed E-state index contributed by atoms with van der Waals surface area (Å²) in [4.78, 5) is 0. The van der Waals surface area contributed by atoms with Crippen molar-refractivity contribution < 1.29 is 14.9 Å². The fraction of sp³-hybridized carbons (Fsp3) is 0.0588. The van der Waals surface area contributed by atoms with Crippen LogP contribution in [0.15, 0.2) is 60.7 Å². The number of para-hydroxylation sites is 1. The van der Waals surface area contributed by atoms with E-state index in [1.54, 1.807) is 12.1 Å². The number of hydrogen-bond donors (Lipinski definition) is 2. The van der Waals surface area contributed by atoms with Crippen molar-refractivity contribution in [1.29, 1.82) is 0 Å². The molecule has 0 aliphatic carbocycles. The third kappa shape index (κ3) is 2.56. The predicted octanol–water partition coefficient (Wildman–Crippen LogP) is 3.99. The van der Waals surface area contributed by atoms with Gasteiger partial charge in [0.05, 0.1) is 5.69 Å². The van der Waals surface area contributed by atoms with E-state index in [0.29, 0.717) is 11.4 Å². The Morgan fingerprint density at radius 2 is 1.57 bits per heavy atom. The van der Waals surface area contributed by atoms with Gasteiger partial charge < -0.3 is 14.9 Å². The van der Waals surface area contributed by atoms with Crippen LogP contribution in [-0.4, -0.2) is 14.8 Å². The molecule has 1 heterocycles. The van der Waals surface area contributed by atoms with E-state index in [4.69, 9.17) is 4.74 Å². The van der Waals surface area contributed by atoms with Crippen LogP contribution in [0, 0.1) is 6.92 Å². The second-order valence-corrected chi connectivity index (χ2v) is 4.78. The molecular weight excluding hydrogens is 266 g/mol. The Labute approximate surface area is 122 Å². The average Bonchev–Trinajstić information content (AvgIpc) is 2.77. The maximum Gasteiger partial charge on any atom is 0.243 e. The van der Waals surface area contributed by atoms with Crippen LogP contribution in [0.2, 0.25) is 0 Å². The highest BCUT2D eigenvalue weighted by Crippen LogP contribution is 2.39. The molecule has 4 nitrogen and oxygen atoms in total. The zero-order chi connectivity index (χ0) is 14.8. The number of hydrogen-bond acceptors (Lipinski definition) is 3. The van der Waals surface area contributed by atoms with Crippen LogP contribution in [0.25, 0.3) is 5.69 Å². The summed E-state index contributed by atoms with van der Waals surface area (Å²) < 4.78 is 6.94. The van der Waals surface area contributed by atoms with Gasteiger partial charge in [0.1, 0.15) is 5.75 Å². The van der Waals surface area contributed by atoms with Crippen molar-refractivity contribution in [2.45, 2.75) is 6.92 Å². The van der Waals surface area contributed by atoms with E-state index in [2.05, 4.69) is 0 Å². The van der Waals surface area contributed by atoms with Crippen molar-refractivity contribution >= 4 is 0 Å². The molecule has 0 fully saturated rings. The Hall–Kier alpha value is -2.88. The normalized spacial score (nSPS) is 10.5. The first-order chi connectivity index (χ1) is 10.1. The van der Waals surface area contributed by atoms with Crippen molar-refractivity contribution in [1.82, 2.24) is 4.57 Å². The number of nitrogens with zero attached hydrogens (tertiary/aromatic N) is 1. The lowest BCUT2D eigenvalue weighted by atomic mass is 10.2. The Morgan fingerprint density at radius 3 is 2.24 bits per heavy atom. The van der Waals surface area contributed by atoms with Gasteiger partial charge in [-0.25, -0.2) is 4.57 Å². The molecule has 0 saturated heterocycles. The molecule has 0 atom stereocenters. The van der Waals surface area contributed by atoms with Gasteiger partial charge in [-0.3, -0.25) is 0 Å². The van der Waals surface area contributed by atoms with E-state index in [9.17, 15) is 10.2 Å². The Kier molecular flexibility index (Phi) is 3.28. The van der Waals surface area contributed by atoms with Crippen molar-refractivity contribution in [3.05, 3.63) is 66.2 Å². The minimum Gasteiger partial charge on any atom is -0.494 e. The van der Waals surface area contributed by atoms with Gasteiger partial charge in [-0.1, -0.05) is 35.9 Å². The van der Waals surface area contributed by atoms with E-state index in [1.807, 2.05) is 49.4 Å². The number of aromatic nitrogens is 1. The summed E-state index contributed by atoms with van der Waals surface area (Å²) in [7, 11) is 0. The number of aromatic hydroxyl groups is 2. The van der Waals surface area contributed by atoms with Crippen LogP contribution in [0.1, 0.15) is 5.56 Å². The van der Waals surface area contributed by atoms with Gasteiger partial charge in [0.25, 0.3) is 0 Å².